The Balaban J connectivity index is 1.63. The highest BCUT2D eigenvalue weighted by atomic mass is 35.5. The zero-order valence-electron chi connectivity index (χ0n) is 15.8. The molecule has 0 spiro atoms. The standard InChI is InChI=1S/C22H27ClN2O2/c1-18(26)17-27-16-15-24-11-13-25(14-12-24)22(19-5-3-2-4-6-19)20-7-9-21(23)10-8-20/h2-10,22H,11-17H2,1H3/t22-/m0/s1. The van der Waals surface area contributed by atoms with Crippen molar-refractivity contribution < 1.29 is 9.53 Å². The number of ketones is 1. The van der Waals surface area contributed by atoms with Crippen molar-refractivity contribution in [2.24, 2.45) is 0 Å². The van der Waals surface area contributed by atoms with Gasteiger partial charge in [0.2, 0.25) is 0 Å². The fourth-order valence-electron chi connectivity index (χ4n) is 3.55. The smallest absolute Gasteiger partial charge is 0.155 e. The third-order valence-corrected chi connectivity index (χ3v) is 5.18. The summed E-state index contributed by atoms with van der Waals surface area (Å²) in [4.78, 5) is 15.9. The van der Waals surface area contributed by atoms with E-state index >= 15 is 0 Å². The summed E-state index contributed by atoms with van der Waals surface area (Å²) < 4.78 is 5.40. The number of benzene rings is 2. The van der Waals surface area contributed by atoms with Gasteiger partial charge in [0.15, 0.2) is 5.78 Å². The molecule has 0 radical (unpaired) electrons. The number of hydrogen-bond donors (Lipinski definition) is 0. The van der Waals surface area contributed by atoms with Gasteiger partial charge in [-0.05, 0) is 30.2 Å². The zero-order chi connectivity index (χ0) is 19.1. The van der Waals surface area contributed by atoms with Crippen LogP contribution in [0.2, 0.25) is 5.02 Å². The quantitative estimate of drug-likeness (QED) is 0.648. The number of piperazine rings is 1. The molecule has 0 aromatic heterocycles. The molecule has 1 aliphatic heterocycles. The van der Waals surface area contributed by atoms with Gasteiger partial charge in [0.25, 0.3) is 0 Å². The van der Waals surface area contributed by atoms with Gasteiger partial charge in [-0.2, -0.15) is 0 Å². The molecule has 2 aromatic carbocycles. The number of hydrogen-bond acceptors (Lipinski definition) is 4. The molecule has 5 heteroatoms. The van der Waals surface area contributed by atoms with Crippen LogP contribution >= 0.6 is 11.6 Å². The Morgan fingerprint density at radius 2 is 1.63 bits per heavy atom. The average Bonchev–Trinajstić information content (AvgIpc) is 2.69. The van der Waals surface area contributed by atoms with Gasteiger partial charge >= 0.3 is 0 Å². The second-order valence-corrected chi connectivity index (χ2v) is 7.43. The van der Waals surface area contributed by atoms with Crippen LogP contribution in [0.5, 0.6) is 0 Å². The number of carbonyl (C=O) groups is 1. The van der Waals surface area contributed by atoms with Gasteiger partial charge in [-0.1, -0.05) is 54.1 Å². The van der Waals surface area contributed by atoms with Crippen molar-refractivity contribution in [3.63, 3.8) is 0 Å². The second kappa shape index (κ2) is 10.00. The largest absolute Gasteiger partial charge is 0.372 e. The minimum Gasteiger partial charge on any atom is -0.372 e. The molecular formula is C22H27ClN2O2. The Hall–Kier alpha value is -1.72. The first-order valence-corrected chi connectivity index (χ1v) is 9.85. The Kier molecular flexibility index (Phi) is 7.41. The summed E-state index contributed by atoms with van der Waals surface area (Å²) in [6.45, 7) is 7.24. The molecule has 1 heterocycles. The van der Waals surface area contributed by atoms with E-state index in [1.165, 1.54) is 11.1 Å². The number of halogens is 1. The molecule has 0 aliphatic carbocycles. The molecule has 0 saturated carbocycles. The van der Waals surface area contributed by atoms with Crippen LogP contribution in [0, 0.1) is 0 Å². The van der Waals surface area contributed by atoms with E-state index < -0.39 is 0 Å². The molecule has 0 amide bonds. The van der Waals surface area contributed by atoms with Gasteiger partial charge in [0, 0.05) is 37.7 Å². The van der Waals surface area contributed by atoms with Crippen molar-refractivity contribution in [1.82, 2.24) is 9.80 Å². The van der Waals surface area contributed by atoms with Crippen LogP contribution in [-0.2, 0) is 9.53 Å². The van der Waals surface area contributed by atoms with Crippen molar-refractivity contribution in [3.05, 3.63) is 70.7 Å². The maximum absolute atomic E-state index is 10.9. The van der Waals surface area contributed by atoms with E-state index in [0.29, 0.717) is 6.61 Å². The Morgan fingerprint density at radius 1 is 1.00 bits per heavy atom. The fraction of sp³-hybridized carbons (Fsp3) is 0.409. The third kappa shape index (κ3) is 5.88. The molecule has 1 aliphatic rings. The summed E-state index contributed by atoms with van der Waals surface area (Å²) in [5.74, 6) is 0.0773. The number of Topliss-reactive ketones (excluding diaryl/α,β-unsaturated/α-hetero) is 1. The van der Waals surface area contributed by atoms with Crippen molar-refractivity contribution in [1.29, 1.82) is 0 Å². The molecule has 144 valence electrons. The van der Waals surface area contributed by atoms with E-state index in [1.54, 1.807) is 6.92 Å². The van der Waals surface area contributed by atoms with Crippen LogP contribution in [0.1, 0.15) is 24.1 Å². The van der Waals surface area contributed by atoms with Crippen LogP contribution in [-0.4, -0.2) is 61.5 Å². The number of carbonyl (C=O) groups excluding carboxylic acids is 1. The number of nitrogens with zero attached hydrogens (tertiary/aromatic N) is 2. The van der Waals surface area contributed by atoms with Crippen LogP contribution in [0.25, 0.3) is 0 Å². The summed E-state index contributed by atoms with van der Waals surface area (Å²) >= 11 is 6.09. The van der Waals surface area contributed by atoms with E-state index in [0.717, 1.165) is 37.7 Å². The molecular weight excluding hydrogens is 360 g/mol. The molecule has 1 atom stereocenters. The highest BCUT2D eigenvalue weighted by Gasteiger charge is 2.26. The van der Waals surface area contributed by atoms with E-state index in [2.05, 4.69) is 52.3 Å². The first-order valence-electron chi connectivity index (χ1n) is 9.47. The molecule has 0 N–H and O–H groups in total. The SMILES string of the molecule is CC(=O)COCCN1CCN([C@@H](c2ccccc2)c2ccc(Cl)cc2)CC1. The summed E-state index contributed by atoms with van der Waals surface area (Å²) in [7, 11) is 0. The average molecular weight is 387 g/mol. The van der Waals surface area contributed by atoms with Crippen LogP contribution in [0.3, 0.4) is 0 Å². The van der Waals surface area contributed by atoms with E-state index in [-0.39, 0.29) is 18.4 Å². The highest BCUT2D eigenvalue weighted by molar-refractivity contribution is 6.30. The van der Waals surface area contributed by atoms with Gasteiger partial charge in [-0.25, -0.2) is 0 Å². The summed E-state index contributed by atoms with van der Waals surface area (Å²) in [6, 6.07) is 19.1. The number of rotatable bonds is 8. The molecule has 4 nitrogen and oxygen atoms in total. The normalized spacial score (nSPS) is 17.0. The van der Waals surface area contributed by atoms with Crippen LogP contribution < -0.4 is 0 Å². The second-order valence-electron chi connectivity index (χ2n) is 7.00. The first-order chi connectivity index (χ1) is 13.1. The van der Waals surface area contributed by atoms with Crippen molar-refractivity contribution in [2.45, 2.75) is 13.0 Å². The summed E-state index contributed by atoms with van der Waals surface area (Å²) in [5, 5.41) is 0.765. The van der Waals surface area contributed by atoms with Crippen molar-refractivity contribution in [2.75, 3.05) is 45.9 Å². The summed E-state index contributed by atoms with van der Waals surface area (Å²) in [6.07, 6.45) is 0. The minimum atomic E-state index is 0.0773. The van der Waals surface area contributed by atoms with E-state index in [4.69, 9.17) is 16.3 Å². The van der Waals surface area contributed by atoms with Crippen molar-refractivity contribution >= 4 is 17.4 Å². The van der Waals surface area contributed by atoms with Crippen LogP contribution in [0.4, 0.5) is 0 Å². The maximum atomic E-state index is 10.9. The fourth-order valence-corrected chi connectivity index (χ4v) is 3.68. The Morgan fingerprint density at radius 3 is 2.26 bits per heavy atom. The van der Waals surface area contributed by atoms with Gasteiger partial charge in [0.05, 0.1) is 12.6 Å². The minimum absolute atomic E-state index is 0.0773. The predicted octanol–water partition coefficient (Wildman–Crippen LogP) is 3.65. The monoisotopic (exact) mass is 386 g/mol. The van der Waals surface area contributed by atoms with Crippen molar-refractivity contribution in [3.8, 4) is 0 Å². The molecule has 2 aromatic rings. The van der Waals surface area contributed by atoms with E-state index in [1.807, 2.05) is 12.1 Å². The van der Waals surface area contributed by atoms with Gasteiger partial charge in [0.1, 0.15) is 6.61 Å². The lowest BCUT2D eigenvalue weighted by Gasteiger charge is -2.39. The zero-order valence-corrected chi connectivity index (χ0v) is 16.6. The van der Waals surface area contributed by atoms with Gasteiger partial charge < -0.3 is 4.74 Å². The Bertz CT molecular complexity index is 713. The molecule has 27 heavy (non-hydrogen) atoms. The maximum Gasteiger partial charge on any atom is 0.155 e. The lowest BCUT2D eigenvalue weighted by atomic mass is 9.96. The first kappa shape index (κ1) is 20.0. The molecule has 1 fully saturated rings. The highest BCUT2D eigenvalue weighted by Crippen LogP contribution is 2.30. The predicted molar refractivity (Wildman–Crippen MR) is 109 cm³/mol. The Labute approximate surface area is 166 Å². The molecule has 3 rings (SSSR count). The van der Waals surface area contributed by atoms with Crippen LogP contribution in [0.15, 0.2) is 54.6 Å². The third-order valence-electron chi connectivity index (χ3n) is 4.93. The molecule has 0 unspecified atom stereocenters. The lowest BCUT2D eigenvalue weighted by molar-refractivity contribution is -0.121. The molecule has 1 saturated heterocycles. The topological polar surface area (TPSA) is 32.8 Å². The molecule has 0 bridgehead atoms. The summed E-state index contributed by atoms with van der Waals surface area (Å²) in [5.41, 5.74) is 2.57. The van der Waals surface area contributed by atoms with Gasteiger partial charge in [-0.15, -0.1) is 0 Å². The van der Waals surface area contributed by atoms with E-state index in [9.17, 15) is 4.79 Å². The number of ether oxygens (including phenoxy) is 1. The van der Waals surface area contributed by atoms with Gasteiger partial charge in [-0.3, -0.25) is 14.6 Å². The lowest BCUT2D eigenvalue weighted by Crippen LogP contribution is -2.48.